The molecular formula is C13H19NO. The number of hydrogen-bond acceptors (Lipinski definition) is 2. The van der Waals surface area contributed by atoms with Crippen molar-refractivity contribution in [2.75, 3.05) is 13.6 Å². The summed E-state index contributed by atoms with van der Waals surface area (Å²) in [5.41, 5.74) is 3.40. The van der Waals surface area contributed by atoms with Crippen molar-refractivity contribution in [2.45, 2.75) is 20.0 Å². The number of nitrogens with one attached hydrogen (secondary N) is 1. The molecule has 0 aliphatic heterocycles. The van der Waals surface area contributed by atoms with Crippen LogP contribution in [0.15, 0.2) is 24.3 Å². The Hall–Kier alpha value is -1.12. The van der Waals surface area contributed by atoms with Crippen LogP contribution in [0, 0.1) is 6.92 Å². The fourth-order valence-electron chi connectivity index (χ4n) is 1.41. The van der Waals surface area contributed by atoms with Gasteiger partial charge in [0, 0.05) is 0 Å². The van der Waals surface area contributed by atoms with Crippen LogP contribution in [0.25, 0.3) is 6.08 Å². The van der Waals surface area contributed by atoms with Gasteiger partial charge in [0.15, 0.2) is 0 Å². The summed E-state index contributed by atoms with van der Waals surface area (Å²) >= 11 is 0. The van der Waals surface area contributed by atoms with Gasteiger partial charge in [-0.05, 0) is 49.7 Å². The molecule has 0 atom stereocenters. The molecular weight excluding hydrogens is 186 g/mol. The third kappa shape index (κ3) is 3.86. The first-order chi connectivity index (χ1) is 7.27. The highest BCUT2D eigenvalue weighted by molar-refractivity contribution is 5.54. The third-order valence-corrected chi connectivity index (χ3v) is 2.38. The van der Waals surface area contributed by atoms with Crippen LogP contribution in [0.5, 0.6) is 0 Å². The Labute approximate surface area is 91.6 Å². The molecule has 0 aliphatic carbocycles. The molecule has 0 amide bonds. The van der Waals surface area contributed by atoms with Crippen molar-refractivity contribution >= 4 is 6.08 Å². The van der Waals surface area contributed by atoms with Crippen LogP contribution in [0.4, 0.5) is 0 Å². The molecule has 2 heteroatoms. The molecule has 2 nitrogen and oxygen atoms in total. The second-order valence-corrected chi connectivity index (χ2v) is 3.64. The van der Waals surface area contributed by atoms with Crippen LogP contribution >= 0.6 is 0 Å². The lowest BCUT2D eigenvalue weighted by molar-refractivity contribution is 0.282. The number of hydrogen-bond donors (Lipinski definition) is 2. The lowest BCUT2D eigenvalue weighted by Crippen LogP contribution is -2.05. The largest absolute Gasteiger partial charge is 0.392 e. The van der Waals surface area contributed by atoms with Gasteiger partial charge < -0.3 is 10.4 Å². The molecule has 1 rings (SSSR count). The zero-order valence-corrected chi connectivity index (χ0v) is 9.46. The second-order valence-electron chi connectivity index (χ2n) is 3.64. The monoisotopic (exact) mass is 205 g/mol. The molecule has 2 N–H and O–H groups in total. The van der Waals surface area contributed by atoms with E-state index < -0.39 is 0 Å². The first-order valence-electron chi connectivity index (χ1n) is 5.29. The van der Waals surface area contributed by atoms with Crippen molar-refractivity contribution in [3.63, 3.8) is 0 Å². The van der Waals surface area contributed by atoms with E-state index in [2.05, 4.69) is 24.4 Å². The van der Waals surface area contributed by atoms with Gasteiger partial charge in [-0.3, -0.25) is 0 Å². The van der Waals surface area contributed by atoms with Crippen molar-refractivity contribution in [1.29, 1.82) is 0 Å². The highest BCUT2D eigenvalue weighted by Crippen LogP contribution is 2.13. The van der Waals surface area contributed by atoms with E-state index >= 15 is 0 Å². The topological polar surface area (TPSA) is 32.3 Å². The summed E-state index contributed by atoms with van der Waals surface area (Å²) in [5, 5.41) is 12.1. The van der Waals surface area contributed by atoms with Crippen molar-refractivity contribution in [3.8, 4) is 0 Å². The van der Waals surface area contributed by atoms with E-state index in [9.17, 15) is 0 Å². The van der Waals surface area contributed by atoms with Crippen molar-refractivity contribution in [1.82, 2.24) is 5.32 Å². The van der Waals surface area contributed by atoms with E-state index in [-0.39, 0.29) is 6.61 Å². The molecule has 0 aromatic heterocycles. The number of rotatable bonds is 5. The maximum Gasteiger partial charge on any atom is 0.0682 e. The van der Waals surface area contributed by atoms with E-state index in [1.807, 2.05) is 25.2 Å². The average Bonchev–Trinajstić information content (AvgIpc) is 2.26. The fourth-order valence-corrected chi connectivity index (χ4v) is 1.41. The summed E-state index contributed by atoms with van der Waals surface area (Å²) in [6, 6.07) is 6.04. The molecule has 1 aromatic rings. The molecule has 0 fully saturated rings. The van der Waals surface area contributed by atoms with E-state index in [1.54, 1.807) is 0 Å². The zero-order valence-electron chi connectivity index (χ0n) is 9.46. The fraction of sp³-hybridized carbons (Fsp3) is 0.385. The van der Waals surface area contributed by atoms with E-state index in [4.69, 9.17) is 5.11 Å². The SMILES string of the molecule is CNCCC=Cc1cc(CO)ccc1C. The zero-order chi connectivity index (χ0) is 11.1. The van der Waals surface area contributed by atoms with Gasteiger partial charge in [-0.2, -0.15) is 0 Å². The molecule has 82 valence electrons. The van der Waals surface area contributed by atoms with Gasteiger partial charge in [0.2, 0.25) is 0 Å². The maximum absolute atomic E-state index is 9.03. The lowest BCUT2D eigenvalue weighted by Gasteiger charge is -2.03. The van der Waals surface area contributed by atoms with Crippen molar-refractivity contribution in [3.05, 3.63) is 41.0 Å². The third-order valence-electron chi connectivity index (χ3n) is 2.38. The van der Waals surface area contributed by atoms with Gasteiger partial charge in [-0.1, -0.05) is 24.3 Å². The van der Waals surface area contributed by atoms with E-state index in [0.29, 0.717) is 0 Å². The summed E-state index contributed by atoms with van der Waals surface area (Å²) in [4.78, 5) is 0. The predicted molar refractivity (Wildman–Crippen MR) is 64.7 cm³/mol. The smallest absolute Gasteiger partial charge is 0.0682 e. The Morgan fingerprint density at radius 3 is 2.87 bits per heavy atom. The number of aliphatic hydroxyl groups is 1. The molecule has 0 bridgehead atoms. The first kappa shape index (κ1) is 12.0. The number of aliphatic hydroxyl groups excluding tert-OH is 1. The van der Waals surface area contributed by atoms with Crippen LogP contribution in [-0.2, 0) is 6.61 Å². The molecule has 0 aliphatic rings. The average molecular weight is 205 g/mol. The number of benzene rings is 1. The summed E-state index contributed by atoms with van der Waals surface area (Å²) in [7, 11) is 1.95. The minimum atomic E-state index is 0.109. The van der Waals surface area contributed by atoms with Gasteiger partial charge in [-0.25, -0.2) is 0 Å². The minimum Gasteiger partial charge on any atom is -0.392 e. The quantitative estimate of drug-likeness (QED) is 0.722. The summed E-state index contributed by atoms with van der Waals surface area (Å²) < 4.78 is 0. The molecule has 0 spiro atoms. The van der Waals surface area contributed by atoms with Crippen LogP contribution in [0.2, 0.25) is 0 Å². The summed E-state index contributed by atoms with van der Waals surface area (Å²) in [6.07, 6.45) is 5.30. The number of aryl methyl sites for hydroxylation is 1. The standard InChI is InChI=1S/C13H19NO/c1-11-6-7-12(10-15)9-13(11)5-3-4-8-14-2/h3,5-7,9,14-15H,4,8,10H2,1-2H3. The molecule has 0 unspecified atom stereocenters. The summed E-state index contributed by atoms with van der Waals surface area (Å²) in [6.45, 7) is 3.19. The van der Waals surface area contributed by atoms with E-state index in [1.165, 1.54) is 11.1 Å². The Morgan fingerprint density at radius 2 is 2.20 bits per heavy atom. The van der Waals surface area contributed by atoms with Gasteiger partial charge in [-0.15, -0.1) is 0 Å². The molecule has 15 heavy (non-hydrogen) atoms. The highest BCUT2D eigenvalue weighted by Gasteiger charge is 1.96. The predicted octanol–water partition coefficient (Wildman–Crippen LogP) is 2.11. The van der Waals surface area contributed by atoms with E-state index in [0.717, 1.165) is 18.5 Å². The summed E-state index contributed by atoms with van der Waals surface area (Å²) in [5.74, 6) is 0. The van der Waals surface area contributed by atoms with Gasteiger partial charge in [0.25, 0.3) is 0 Å². The maximum atomic E-state index is 9.03. The first-order valence-corrected chi connectivity index (χ1v) is 5.29. The van der Waals surface area contributed by atoms with Crippen molar-refractivity contribution < 1.29 is 5.11 Å². The van der Waals surface area contributed by atoms with Gasteiger partial charge in [0.1, 0.15) is 0 Å². The second kappa shape index (κ2) is 6.38. The highest BCUT2D eigenvalue weighted by atomic mass is 16.3. The molecule has 0 radical (unpaired) electrons. The van der Waals surface area contributed by atoms with Crippen LogP contribution in [-0.4, -0.2) is 18.7 Å². The molecule has 1 aromatic carbocycles. The molecule has 0 saturated carbocycles. The van der Waals surface area contributed by atoms with Crippen molar-refractivity contribution in [2.24, 2.45) is 0 Å². The molecule has 0 heterocycles. The van der Waals surface area contributed by atoms with Crippen LogP contribution in [0.1, 0.15) is 23.1 Å². The Morgan fingerprint density at radius 1 is 1.40 bits per heavy atom. The lowest BCUT2D eigenvalue weighted by atomic mass is 10.0. The van der Waals surface area contributed by atoms with Gasteiger partial charge >= 0.3 is 0 Å². The van der Waals surface area contributed by atoms with Gasteiger partial charge in [0.05, 0.1) is 6.61 Å². The Bertz CT molecular complexity index is 331. The Balaban J connectivity index is 2.70. The molecule has 0 saturated heterocycles. The Kier molecular flexibility index (Phi) is 5.08. The van der Waals surface area contributed by atoms with Crippen LogP contribution in [0.3, 0.4) is 0 Å². The van der Waals surface area contributed by atoms with Crippen LogP contribution < -0.4 is 5.32 Å². The minimum absolute atomic E-state index is 0.109. The normalized spacial score (nSPS) is 11.1.